The third-order valence-electron chi connectivity index (χ3n) is 3.69. The molecule has 0 aromatic heterocycles. The van der Waals surface area contributed by atoms with Gasteiger partial charge in [0.25, 0.3) is 0 Å². The molecule has 0 rings (SSSR count). The second kappa shape index (κ2) is 21.4. The van der Waals surface area contributed by atoms with Gasteiger partial charge in [-0.1, -0.05) is 64.7 Å². The van der Waals surface area contributed by atoms with Crippen LogP contribution >= 0.6 is 0 Å². The average Bonchev–Trinajstić information content (AvgIpc) is 2.46. The van der Waals surface area contributed by atoms with E-state index in [4.69, 9.17) is 0 Å². The van der Waals surface area contributed by atoms with Crippen molar-refractivity contribution in [2.45, 2.75) is 77.6 Å². The molecule has 0 radical (unpaired) electrons. The fraction of sp³-hybridized carbons (Fsp3) is 0.941. The molecule has 0 aromatic carbocycles. The van der Waals surface area contributed by atoms with Crippen LogP contribution in [0.4, 0.5) is 0 Å². The van der Waals surface area contributed by atoms with Gasteiger partial charge in [-0.15, -0.1) is 0 Å². The molecule has 0 saturated carbocycles. The van der Waals surface area contributed by atoms with Gasteiger partial charge in [-0.25, -0.2) is 0 Å². The SMILES string of the molecule is CCCCCCCCCCCCNCCNCCC(=O)[O-].[Na+]. The molecule has 4 nitrogen and oxygen atoms in total. The summed E-state index contributed by atoms with van der Waals surface area (Å²) >= 11 is 0. The molecule has 2 N–H and O–H groups in total. The maximum Gasteiger partial charge on any atom is 1.00 e. The molecule has 0 aliphatic carbocycles. The van der Waals surface area contributed by atoms with Crippen molar-refractivity contribution in [3.63, 3.8) is 0 Å². The third-order valence-corrected chi connectivity index (χ3v) is 3.69. The van der Waals surface area contributed by atoms with Gasteiger partial charge in [0, 0.05) is 25.6 Å². The number of carboxylic acids is 1. The standard InChI is InChI=1S/C17H36N2O2.Na/c1-2-3-4-5-6-7-8-9-10-11-13-18-15-16-19-14-12-17(20)21;/h18-19H,2-16H2,1H3,(H,20,21);/q;+1/p-1. The molecule has 0 heterocycles. The molecule has 126 valence electrons. The van der Waals surface area contributed by atoms with Gasteiger partial charge in [0.15, 0.2) is 0 Å². The summed E-state index contributed by atoms with van der Waals surface area (Å²) in [5.74, 6) is -0.985. The molecule has 5 heteroatoms. The molecule has 0 spiro atoms. The maximum absolute atomic E-state index is 10.2. The van der Waals surface area contributed by atoms with Crippen molar-refractivity contribution in [3.05, 3.63) is 0 Å². The van der Waals surface area contributed by atoms with Crippen LogP contribution in [0.3, 0.4) is 0 Å². The van der Waals surface area contributed by atoms with Crippen molar-refractivity contribution in [3.8, 4) is 0 Å². The van der Waals surface area contributed by atoms with Gasteiger partial charge >= 0.3 is 29.6 Å². The Morgan fingerprint density at radius 1 is 0.727 bits per heavy atom. The van der Waals surface area contributed by atoms with Gasteiger partial charge in [-0.3, -0.25) is 0 Å². The van der Waals surface area contributed by atoms with Crippen molar-refractivity contribution < 1.29 is 39.5 Å². The van der Waals surface area contributed by atoms with E-state index in [1.165, 1.54) is 64.2 Å². The Kier molecular flexibility index (Phi) is 24.0. The summed E-state index contributed by atoms with van der Waals surface area (Å²) in [5, 5.41) is 16.6. The molecule has 0 saturated heterocycles. The zero-order valence-corrected chi connectivity index (χ0v) is 16.9. The van der Waals surface area contributed by atoms with E-state index < -0.39 is 5.97 Å². The predicted octanol–water partition coefficient (Wildman–Crippen LogP) is -0.769. The molecule has 0 fully saturated rings. The van der Waals surface area contributed by atoms with Crippen LogP contribution in [-0.2, 0) is 4.79 Å². The van der Waals surface area contributed by atoms with Crippen molar-refractivity contribution in [1.82, 2.24) is 10.6 Å². The third kappa shape index (κ3) is 22.7. The first-order valence-electron chi connectivity index (χ1n) is 8.88. The first-order valence-corrected chi connectivity index (χ1v) is 8.88. The normalized spacial score (nSPS) is 10.4. The number of carbonyl (C=O) groups is 1. The topological polar surface area (TPSA) is 64.2 Å². The van der Waals surface area contributed by atoms with Crippen LogP contribution in [0.2, 0.25) is 0 Å². The number of carboxylic acid groups (broad SMARTS) is 1. The van der Waals surface area contributed by atoms with Crippen molar-refractivity contribution in [1.29, 1.82) is 0 Å². The number of rotatable bonds is 17. The molecule has 0 bridgehead atoms. The Balaban J connectivity index is 0. The zero-order valence-electron chi connectivity index (χ0n) is 14.9. The van der Waals surface area contributed by atoms with Gasteiger partial charge in [0.2, 0.25) is 0 Å². The molecule has 0 unspecified atom stereocenters. The van der Waals surface area contributed by atoms with Crippen LogP contribution in [-0.4, -0.2) is 32.1 Å². The molecule has 22 heavy (non-hydrogen) atoms. The molecule has 0 amide bonds. The van der Waals surface area contributed by atoms with E-state index in [-0.39, 0.29) is 36.0 Å². The Bertz CT molecular complexity index is 229. The first-order chi connectivity index (χ1) is 10.3. The quantitative estimate of drug-likeness (QED) is 0.273. The summed E-state index contributed by atoms with van der Waals surface area (Å²) in [6.07, 6.45) is 13.8. The summed E-state index contributed by atoms with van der Waals surface area (Å²) < 4.78 is 0. The largest absolute Gasteiger partial charge is 1.00 e. The summed E-state index contributed by atoms with van der Waals surface area (Å²) in [5.41, 5.74) is 0. The first kappa shape index (κ1) is 24.6. The molecular weight excluding hydrogens is 287 g/mol. The smallest absolute Gasteiger partial charge is 0.550 e. The van der Waals surface area contributed by atoms with E-state index >= 15 is 0 Å². The minimum absolute atomic E-state index is 0. The molecule has 0 atom stereocenters. The minimum Gasteiger partial charge on any atom is -0.550 e. The zero-order chi connectivity index (χ0) is 15.6. The minimum atomic E-state index is -0.985. The monoisotopic (exact) mass is 322 g/mol. The summed E-state index contributed by atoms with van der Waals surface area (Å²) in [6.45, 7) is 5.56. The second-order valence-electron chi connectivity index (χ2n) is 5.80. The van der Waals surface area contributed by atoms with E-state index in [1.807, 2.05) is 0 Å². The summed E-state index contributed by atoms with van der Waals surface area (Å²) in [7, 11) is 0. The Hall–Kier alpha value is 0.390. The number of hydrogen-bond donors (Lipinski definition) is 2. The van der Waals surface area contributed by atoms with E-state index in [0.29, 0.717) is 6.54 Å². The molecule has 0 aliphatic heterocycles. The van der Waals surface area contributed by atoms with Gasteiger partial charge in [0.1, 0.15) is 0 Å². The number of nitrogens with one attached hydrogen (secondary N) is 2. The number of aliphatic carboxylic acids is 1. The summed E-state index contributed by atoms with van der Waals surface area (Å²) in [4.78, 5) is 10.2. The Labute approximate surface area is 159 Å². The Morgan fingerprint density at radius 3 is 1.68 bits per heavy atom. The number of hydrogen-bond acceptors (Lipinski definition) is 4. The van der Waals surface area contributed by atoms with E-state index in [0.717, 1.165) is 19.6 Å². The second-order valence-corrected chi connectivity index (χ2v) is 5.80. The Morgan fingerprint density at radius 2 is 1.18 bits per heavy atom. The number of unbranched alkanes of at least 4 members (excludes halogenated alkanes) is 9. The summed E-state index contributed by atoms with van der Waals surface area (Å²) in [6, 6.07) is 0. The van der Waals surface area contributed by atoms with E-state index in [2.05, 4.69) is 17.6 Å². The molecule has 0 aliphatic rings. The van der Waals surface area contributed by atoms with Gasteiger partial charge in [0.05, 0.1) is 0 Å². The fourth-order valence-electron chi connectivity index (χ4n) is 2.35. The van der Waals surface area contributed by atoms with Crippen LogP contribution in [0.25, 0.3) is 0 Å². The van der Waals surface area contributed by atoms with E-state index in [1.54, 1.807) is 0 Å². The number of carbonyl (C=O) groups excluding carboxylic acids is 1. The van der Waals surface area contributed by atoms with Crippen molar-refractivity contribution in [2.75, 3.05) is 26.2 Å². The predicted molar refractivity (Wildman–Crippen MR) is 87.2 cm³/mol. The van der Waals surface area contributed by atoms with Crippen LogP contribution < -0.4 is 45.3 Å². The van der Waals surface area contributed by atoms with Gasteiger partial charge in [-0.2, -0.15) is 0 Å². The van der Waals surface area contributed by atoms with Crippen LogP contribution in [0.1, 0.15) is 77.6 Å². The average molecular weight is 322 g/mol. The fourth-order valence-corrected chi connectivity index (χ4v) is 2.35. The van der Waals surface area contributed by atoms with Crippen LogP contribution in [0, 0.1) is 0 Å². The maximum atomic E-state index is 10.2. The van der Waals surface area contributed by atoms with Crippen LogP contribution in [0.15, 0.2) is 0 Å². The van der Waals surface area contributed by atoms with Crippen LogP contribution in [0.5, 0.6) is 0 Å². The molecule has 0 aromatic rings. The van der Waals surface area contributed by atoms with E-state index in [9.17, 15) is 9.90 Å². The van der Waals surface area contributed by atoms with Crippen molar-refractivity contribution >= 4 is 5.97 Å². The van der Waals surface area contributed by atoms with Gasteiger partial charge in [-0.05, 0) is 19.4 Å². The van der Waals surface area contributed by atoms with Crippen molar-refractivity contribution in [2.24, 2.45) is 0 Å². The molecular formula is C17H35N2NaO2. The van der Waals surface area contributed by atoms with Gasteiger partial charge < -0.3 is 20.5 Å².